The summed E-state index contributed by atoms with van der Waals surface area (Å²) in [6.45, 7) is 0. The molecule has 0 saturated heterocycles. The summed E-state index contributed by atoms with van der Waals surface area (Å²) >= 11 is 0. The second kappa shape index (κ2) is 14.3. The SMILES string of the molecule is c1ccc(-c2ccc(N(c3cccc(-c4ccccc4)c3)c3cc(-c4ccc5c(c4)c4ccccc4n5-c4ccccc4)c4oc5ccc6ccccc6c5c4c3)cc2)cc1. The molecule has 0 saturated carbocycles. The van der Waals surface area contributed by atoms with Crippen molar-refractivity contribution >= 4 is 71.6 Å². The average molecular weight is 779 g/mol. The summed E-state index contributed by atoms with van der Waals surface area (Å²) in [5.74, 6) is 0. The Morgan fingerprint density at radius 1 is 0.344 bits per heavy atom. The molecule has 0 aliphatic heterocycles. The summed E-state index contributed by atoms with van der Waals surface area (Å²) in [6, 6.07) is 82.9. The zero-order chi connectivity index (χ0) is 40.3. The number of hydrogen-bond acceptors (Lipinski definition) is 2. The van der Waals surface area contributed by atoms with E-state index in [1.165, 1.54) is 43.8 Å². The molecule has 0 unspecified atom stereocenters. The van der Waals surface area contributed by atoms with Crippen LogP contribution in [-0.2, 0) is 0 Å². The minimum atomic E-state index is 0.874. The van der Waals surface area contributed by atoms with Crippen LogP contribution in [0.25, 0.3) is 93.6 Å². The third kappa shape index (κ3) is 5.90. The summed E-state index contributed by atoms with van der Waals surface area (Å²) in [6.07, 6.45) is 0. The van der Waals surface area contributed by atoms with Gasteiger partial charge in [0.05, 0.1) is 11.0 Å². The third-order valence-corrected chi connectivity index (χ3v) is 12.1. The molecule has 0 bridgehead atoms. The van der Waals surface area contributed by atoms with E-state index in [0.717, 1.165) is 66.9 Å². The molecule has 0 amide bonds. The van der Waals surface area contributed by atoms with Crippen molar-refractivity contribution in [3.05, 3.63) is 231 Å². The molecule has 2 heterocycles. The topological polar surface area (TPSA) is 21.3 Å². The van der Waals surface area contributed by atoms with Gasteiger partial charge in [0.1, 0.15) is 11.2 Å². The van der Waals surface area contributed by atoms with Crippen LogP contribution in [-0.4, -0.2) is 4.57 Å². The molecule has 10 aromatic carbocycles. The van der Waals surface area contributed by atoms with Gasteiger partial charge in [-0.3, -0.25) is 0 Å². The van der Waals surface area contributed by atoms with E-state index < -0.39 is 0 Å². The van der Waals surface area contributed by atoms with E-state index in [1.807, 2.05) is 0 Å². The molecule has 12 rings (SSSR count). The number of furan rings is 1. The average Bonchev–Trinajstić information content (AvgIpc) is 3.88. The normalized spacial score (nSPS) is 11.6. The van der Waals surface area contributed by atoms with E-state index in [9.17, 15) is 0 Å². The van der Waals surface area contributed by atoms with Crippen molar-refractivity contribution < 1.29 is 4.42 Å². The highest BCUT2D eigenvalue weighted by Crippen LogP contribution is 2.46. The smallest absolute Gasteiger partial charge is 0.143 e. The van der Waals surface area contributed by atoms with Gasteiger partial charge in [-0.1, -0.05) is 158 Å². The van der Waals surface area contributed by atoms with Gasteiger partial charge in [-0.25, -0.2) is 0 Å². The second-order valence-electron chi connectivity index (χ2n) is 15.7. The monoisotopic (exact) mass is 778 g/mol. The van der Waals surface area contributed by atoms with Crippen LogP contribution in [0.4, 0.5) is 17.1 Å². The molecule has 2 aromatic heterocycles. The third-order valence-electron chi connectivity index (χ3n) is 12.1. The Bertz CT molecular complexity index is 3570. The Kier molecular flexibility index (Phi) is 8.17. The largest absolute Gasteiger partial charge is 0.455 e. The quantitative estimate of drug-likeness (QED) is 0.161. The Morgan fingerprint density at radius 2 is 0.967 bits per heavy atom. The first-order valence-electron chi connectivity index (χ1n) is 20.8. The van der Waals surface area contributed by atoms with Gasteiger partial charge in [-0.2, -0.15) is 0 Å². The number of fused-ring (bicyclic) bond motifs is 8. The standard InChI is InChI=1S/C58H38N2O/c1-4-15-39(16-5-1)41-27-31-46(32-28-41)59(47-23-14-20-43(35-47)40-17-6-2-7-18-40)48-37-51(58-53(38-48)57-49-24-11-10-19-42(49)30-34-56(57)61-58)44-29-33-55-52(36-44)50-25-12-13-26-54(50)60(55)45-21-8-3-9-22-45/h1-38H. The number of benzene rings is 10. The maximum absolute atomic E-state index is 6.98. The molecular weight excluding hydrogens is 741 g/mol. The lowest BCUT2D eigenvalue weighted by molar-refractivity contribution is 0.670. The van der Waals surface area contributed by atoms with Crippen LogP contribution in [0.5, 0.6) is 0 Å². The summed E-state index contributed by atoms with van der Waals surface area (Å²) < 4.78 is 9.35. The van der Waals surface area contributed by atoms with E-state index in [4.69, 9.17) is 4.42 Å². The molecule has 0 aliphatic rings. The first-order valence-corrected chi connectivity index (χ1v) is 20.8. The van der Waals surface area contributed by atoms with Gasteiger partial charge >= 0.3 is 0 Å². The number of anilines is 3. The molecule has 286 valence electrons. The van der Waals surface area contributed by atoms with E-state index >= 15 is 0 Å². The molecule has 61 heavy (non-hydrogen) atoms. The zero-order valence-corrected chi connectivity index (χ0v) is 33.2. The highest BCUT2D eigenvalue weighted by atomic mass is 16.3. The summed E-state index contributed by atoms with van der Waals surface area (Å²) in [7, 11) is 0. The minimum Gasteiger partial charge on any atom is -0.455 e. The maximum Gasteiger partial charge on any atom is 0.143 e. The Hall–Kier alpha value is -8.14. The van der Waals surface area contributed by atoms with Gasteiger partial charge in [0.2, 0.25) is 0 Å². The van der Waals surface area contributed by atoms with Gasteiger partial charge in [0, 0.05) is 49.9 Å². The molecule has 3 nitrogen and oxygen atoms in total. The van der Waals surface area contributed by atoms with Crippen LogP contribution in [0, 0.1) is 0 Å². The van der Waals surface area contributed by atoms with Gasteiger partial charge in [-0.15, -0.1) is 0 Å². The summed E-state index contributed by atoms with van der Waals surface area (Å²) in [5.41, 5.74) is 15.2. The molecule has 0 radical (unpaired) electrons. The van der Waals surface area contributed by atoms with Gasteiger partial charge in [0.15, 0.2) is 0 Å². The summed E-state index contributed by atoms with van der Waals surface area (Å²) in [5, 5.41) is 6.97. The van der Waals surface area contributed by atoms with Crippen LogP contribution >= 0.6 is 0 Å². The first-order chi connectivity index (χ1) is 30.2. The second-order valence-corrected chi connectivity index (χ2v) is 15.7. The summed E-state index contributed by atoms with van der Waals surface area (Å²) in [4.78, 5) is 2.40. The highest BCUT2D eigenvalue weighted by molar-refractivity contribution is 6.22. The van der Waals surface area contributed by atoms with Crippen LogP contribution in [0.1, 0.15) is 0 Å². The van der Waals surface area contributed by atoms with E-state index in [0.29, 0.717) is 0 Å². The lowest BCUT2D eigenvalue weighted by Gasteiger charge is -2.27. The fourth-order valence-electron chi connectivity index (χ4n) is 9.31. The van der Waals surface area contributed by atoms with Gasteiger partial charge in [0.25, 0.3) is 0 Å². The fourth-order valence-corrected chi connectivity index (χ4v) is 9.31. The van der Waals surface area contributed by atoms with Crippen molar-refractivity contribution in [3.63, 3.8) is 0 Å². The number of para-hydroxylation sites is 2. The van der Waals surface area contributed by atoms with E-state index in [1.54, 1.807) is 0 Å². The number of rotatable bonds is 7. The van der Waals surface area contributed by atoms with Crippen LogP contribution < -0.4 is 4.90 Å². The fraction of sp³-hybridized carbons (Fsp3) is 0. The van der Waals surface area contributed by atoms with Crippen molar-refractivity contribution in [3.8, 4) is 39.1 Å². The molecular formula is C58H38N2O. The predicted octanol–water partition coefficient (Wildman–Crippen LogP) is 16.3. The lowest BCUT2D eigenvalue weighted by atomic mass is 9.97. The van der Waals surface area contributed by atoms with Crippen molar-refractivity contribution in [2.24, 2.45) is 0 Å². The minimum absolute atomic E-state index is 0.874. The highest BCUT2D eigenvalue weighted by Gasteiger charge is 2.22. The van der Waals surface area contributed by atoms with Crippen LogP contribution in [0.15, 0.2) is 235 Å². The first kappa shape index (κ1) is 34.9. The predicted molar refractivity (Wildman–Crippen MR) is 257 cm³/mol. The van der Waals surface area contributed by atoms with E-state index in [-0.39, 0.29) is 0 Å². The lowest BCUT2D eigenvalue weighted by Crippen LogP contribution is -2.10. The molecule has 0 spiro atoms. The molecule has 0 fully saturated rings. The number of aromatic nitrogens is 1. The van der Waals surface area contributed by atoms with Gasteiger partial charge in [-0.05, 0) is 111 Å². The van der Waals surface area contributed by atoms with Crippen LogP contribution in [0.3, 0.4) is 0 Å². The number of hydrogen-bond donors (Lipinski definition) is 0. The van der Waals surface area contributed by atoms with Crippen LogP contribution in [0.2, 0.25) is 0 Å². The zero-order valence-electron chi connectivity index (χ0n) is 33.2. The van der Waals surface area contributed by atoms with Crippen molar-refractivity contribution in [2.45, 2.75) is 0 Å². The Morgan fingerprint density at radius 3 is 1.75 bits per heavy atom. The molecule has 0 N–H and O–H groups in total. The van der Waals surface area contributed by atoms with Crippen molar-refractivity contribution in [1.29, 1.82) is 0 Å². The molecule has 0 atom stereocenters. The Balaban J connectivity index is 1.14. The molecule has 3 heteroatoms. The van der Waals surface area contributed by atoms with Crippen molar-refractivity contribution in [1.82, 2.24) is 4.57 Å². The Labute approximate surface area is 353 Å². The maximum atomic E-state index is 6.98. The molecule has 12 aromatic rings. The molecule has 0 aliphatic carbocycles. The van der Waals surface area contributed by atoms with E-state index in [2.05, 4.69) is 240 Å². The van der Waals surface area contributed by atoms with Crippen molar-refractivity contribution in [2.75, 3.05) is 4.90 Å². The van der Waals surface area contributed by atoms with Gasteiger partial charge < -0.3 is 13.9 Å². The number of nitrogens with zero attached hydrogens (tertiary/aromatic N) is 2.